The van der Waals surface area contributed by atoms with Gasteiger partial charge in [-0.1, -0.05) is 38.1 Å². The fourth-order valence-corrected chi connectivity index (χ4v) is 2.76. The van der Waals surface area contributed by atoms with Crippen molar-refractivity contribution in [2.24, 2.45) is 5.92 Å². The molecule has 152 valence electrons. The molecule has 0 aliphatic rings. The predicted octanol–water partition coefficient (Wildman–Crippen LogP) is 4.43. The van der Waals surface area contributed by atoms with E-state index < -0.39 is 0 Å². The van der Waals surface area contributed by atoms with Crippen LogP contribution in [0.5, 0.6) is 17.2 Å². The van der Waals surface area contributed by atoms with Crippen LogP contribution in [0.15, 0.2) is 36.4 Å². The van der Waals surface area contributed by atoms with Gasteiger partial charge >= 0.3 is 0 Å². The summed E-state index contributed by atoms with van der Waals surface area (Å²) in [7, 11) is 1.62. The Bertz CT molecular complexity index is 766. The van der Waals surface area contributed by atoms with Crippen LogP contribution in [-0.4, -0.2) is 26.2 Å². The van der Waals surface area contributed by atoms with E-state index in [1.807, 2.05) is 50.2 Å². The van der Waals surface area contributed by atoms with E-state index in [0.29, 0.717) is 24.8 Å². The number of nitrogens with one attached hydrogen (secondary N) is 1. The summed E-state index contributed by atoms with van der Waals surface area (Å²) in [6.07, 6.45) is 0.987. The van der Waals surface area contributed by atoms with Crippen molar-refractivity contribution in [2.75, 3.05) is 20.3 Å². The lowest BCUT2D eigenvalue weighted by molar-refractivity contribution is -0.123. The SMILES string of the molecule is COc1cc(CNC(=O)COc2c(C)cccc2C)ccc1OCCC(C)C. The van der Waals surface area contributed by atoms with Crippen LogP contribution >= 0.6 is 0 Å². The summed E-state index contributed by atoms with van der Waals surface area (Å²) < 4.78 is 16.9. The van der Waals surface area contributed by atoms with Crippen molar-refractivity contribution in [2.45, 2.75) is 40.7 Å². The zero-order valence-electron chi connectivity index (χ0n) is 17.5. The number of carbonyl (C=O) groups is 1. The molecular formula is C23H31NO4. The van der Waals surface area contributed by atoms with Gasteiger partial charge in [-0.2, -0.15) is 0 Å². The first-order chi connectivity index (χ1) is 13.4. The Kier molecular flexibility index (Phi) is 8.18. The Morgan fingerprint density at radius 3 is 2.39 bits per heavy atom. The summed E-state index contributed by atoms with van der Waals surface area (Å²) in [5.74, 6) is 2.58. The molecule has 0 unspecified atom stereocenters. The second kappa shape index (κ2) is 10.6. The molecule has 0 aromatic heterocycles. The van der Waals surface area contributed by atoms with Crippen molar-refractivity contribution in [1.29, 1.82) is 0 Å². The first kappa shape index (κ1) is 21.6. The van der Waals surface area contributed by atoms with Crippen molar-refractivity contribution in [3.63, 3.8) is 0 Å². The van der Waals surface area contributed by atoms with Crippen molar-refractivity contribution in [3.8, 4) is 17.2 Å². The number of aryl methyl sites for hydroxylation is 2. The number of amides is 1. The molecule has 0 bridgehead atoms. The maximum atomic E-state index is 12.1. The van der Waals surface area contributed by atoms with Crippen LogP contribution in [0, 0.1) is 19.8 Å². The van der Waals surface area contributed by atoms with Gasteiger partial charge in [0.1, 0.15) is 5.75 Å². The Balaban J connectivity index is 1.86. The highest BCUT2D eigenvalue weighted by Gasteiger charge is 2.09. The average molecular weight is 386 g/mol. The second-order valence-electron chi connectivity index (χ2n) is 7.30. The highest BCUT2D eigenvalue weighted by molar-refractivity contribution is 5.77. The van der Waals surface area contributed by atoms with Crippen molar-refractivity contribution < 1.29 is 19.0 Å². The van der Waals surface area contributed by atoms with E-state index >= 15 is 0 Å². The summed E-state index contributed by atoms with van der Waals surface area (Å²) in [6, 6.07) is 11.6. The van der Waals surface area contributed by atoms with Gasteiger partial charge in [0.2, 0.25) is 0 Å². The number of carbonyl (C=O) groups excluding carboxylic acids is 1. The van der Waals surface area contributed by atoms with Gasteiger partial charge in [-0.3, -0.25) is 4.79 Å². The zero-order chi connectivity index (χ0) is 20.5. The number of hydrogen-bond acceptors (Lipinski definition) is 4. The smallest absolute Gasteiger partial charge is 0.258 e. The lowest BCUT2D eigenvalue weighted by atomic mass is 10.1. The maximum Gasteiger partial charge on any atom is 0.258 e. The third kappa shape index (κ3) is 6.48. The molecule has 0 radical (unpaired) electrons. The highest BCUT2D eigenvalue weighted by atomic mass is 16.5. The summed E-state index contributed by atoms with van der Waals surface area (Å²) in [5.41, 5.74) is 2.98. The first-order valence-electron chi connectivity index (χ1n) is 9.66. The molecule has 2 aromatic carbocycles. The van der Waals surface area contributed by atoms with E-state index in [1.165, 1.54) is 0 Å². The lowest BCUT2D eigenvalue weighted by Crippen LogP contribution is -2.28. The average Bonchev–Trinajstić information content (AvgIpc) is 2.66. The minimum atomic E-state index is -0.168. The third-order valence-electron chi connectivity index (χ3n) is 4.43. The van der Waals surface area contributed by atoms with Gasteiger partial charge in [-0.15, -0.1) is 0 Å². The zero-order valence-corrected chi connectivity index (χ0v) is 17.5. The molecule has 2 aromatic rings. The minimum Gasteiger partial charge on any atom is -0.493 e. The Morgan fingerprint density at radius 1 is 1.04 bits per heavy atom. The van der Waals surface area contributed by atoms with E-state index in [4.69, 9.17) is 14.2 Å². The molecule has 0 aliphatic carbocycles. The topological polar surface area (TPSA) is 56.8 Å². The van der Waals surface area contributed by atoms with Gasteiger partial charge in [-0.05, 0) is 55.0 Å². The number of ether oxygens (including phenoxy) is 3. The van der Waals surface area contributed by atoms with Gasteiger partial charge in [0.05, 0.1) is 13.7 Å². The molecule has 0 aliphatic heterocycles. The van der Waals surface area contributed by atoms with E-state index in [9.17, 15) is 4.79 Å². The molecule has 2 rings (SSSR count). The van der Waals surface area contributed by atoms with Gasteiger partial charge in [0.15, 0.2) is 18.1 Å². The van der Waals surface area contributed by atoms with Crippen LogP contribution in [0.25, 0.3) is 0 Å². The van der Waals surface area contributed by atoms with Gasteiger partial charge < -0.3 is 19.5 Å². The van der Waals surface area contributed by atoms with E-state index in [0.717, 1.165) is 34.6 Å². The summed E-state index contributed by atoms with van der Waals surface area (Å²) in [4.78, 5) is 12.1. The minimum absolute atomic E-state index is 0.0147. The quantitative estimate of drug-likeness (QED) is 0.657. The van der Waals surface area contributed by atoms with Crippen LogP contribution in [0.2, 0.25) is 0 Å². The van der Waals surface area contributed by atoms with E-state index in [1.54, 1.807) is 7.11 Å². The van der Waals surface area contributed by atoms with Crippen LogP contribution in [-0.2, 0) is 11.3 Å². The van der Waals surface area contributed by atoms with Gasteiger partial charge in [0, 0.05) is 6.54 Å². The second-order valence-corrected chi connectivity index (χ2v) is 7.30. The standard InChI is InChI=1S/C23H31NO4/c1-16(2)11-12-27-20-10-9-19(13-21(20)26-5)14-24-22(25)15-28-23-17(3)7-6-8-18(23)4/h6-10,13,16H,11-12,14-15H2,1-5H3,(H,24,25). The van der Waals surface area contributed by atoms with E-state index in [-0.39, 0.29) is 12.5 Å². The molecule has 0 fully saturated rings. The molecule has 0 saturated heterocycles. The molecule has 1 N–H and O–H groups in total. The third-order valence-corrected chi connectivity index (χ3v) is 4.43. The molecule has 5 heteroatoms. The number of benzene rings is 2. The van der Waals surface area contributed by atoms with Gasteiger partial charge in [0.25, 0.3) is 5.91 Å². The van der Waals surface area contributed by atoms with Crippen LogP contribution in [0.4, 0.5) is 0 Å². The van der Waals surface area contributed by atoms with E-state index in [2.05, 4.69) is 19.2 Å². The van der Waals surface area contributed by atoms with Gasteiger partial charge in [-0.25, -0.2) is 0 Å². The Morgan fingerprint density at radius 2 is 1.75 bits per heavy atom. The Labute approximate surface area is 168 Å². The largest absolute Gasteiger partial charge is 0.493 e. The monoisotopic (exact) mass is 385 g/mol. The molecule has 28 heavy (non-hydrogen) atoms. The molecule has 1 amide bonds. The summed E-state index contributed by atoms with van der Waals surface area (Å²) >= 11 is 0. The fraction of sp³-hybridized carbons (Fsp3) is 0.435. The maximum absolute atomic E-state index is 12.1. The number of hydrogen-bond donors (Lipinski definition) is 1. The predicted molar refractivity (Wildman–Crippen MR) is 111 cm³/mol. The van der Waals surface area contributed by atoms with Crippen LogP contribution < -0.4 is 19.5 Å². The molecular weight excluding hydrogens is 354 g/mol. The van der Waals surface area contributed by atoms with Crippen molar-refractivity contribution >= 4 is 5.91 Å². The van der Waals surface area contributed by atoms with Crippen LogP contribution in [0.3, 0.4) is 0 Å². The fourth-order valence-electron chi connectivity index (χ4n) is 2.76. The Hall–Kier alpha value is -2.69. The number of para-hydroxylation sites is 1. The summed E-state index contributed by atoms with van der Waals surface area (Å²) in [5, 5.41) is 2.88. The lowest BCUT2D eigenvalue weighted by Gasteiger charge is -2.14. The number of rotatable bonds is 10. The molecule has 0 spiro atoms. The number of methoxy groups -OCH3 is 1. The highest BCUT2D eigenvalue weighted by Crippen LogP contribution is 2.28. The molecule has 0 heterocycles. The molecule has 0 atom stereocenters. The molecule has 0 saturated carbocycles. The first-order valence-corrected chi connectivity index (χ1v) is 9.66. The van der Waals surface area contributed by atoms with Crippen LogP contribution in [0.1, 0.15) is 37.0 Å². The summed E-state index contributed by atoms with van der Waals surface area (Å²) in [6.45, 7) is 9.30. The molecule has 5 nitrogen and oxygen atoms in total. The van der Waals surface area contributed by atoms with Crippen molar-refractivity contribution in [1.82, 2.24) is 5.32 Å². The van der Waals surface area contributed by atoms with Crippen molar-refractivity contribution in [3.05, 3.63) is 53.1 Å². The normalized spacial score (nSPS) is 10.6.